The summed E-state index contributed by atoms with van der Waals surface area (Å²) in [4.78, 5) is 10.6. The molecule has 3 heteroatoms. The van der Waals surface area contributed by atoms with E-state index in [9.17, 15) is 9.90 Å². The van der Waals surface area contributed by atoms with Crippen LogP contribution in [0.4, 0.5) is 0 Å². The minimum atomic E-state index is -0.219. The summed E-state index contributed by atoms with van der Waals surface area (Å²) in [7, 11) is 0. The van der Waals surface area contributed by atoms with Gasteiger partial charge in [-0.3, -0.25) is 4.79 Å². The van der Waals surface area contributed by atoms with Gasteiger partial charge in [-0.05, 0) is 25.2 Å². The second-order valence-corrected chi connectivity index (χ2v) is 3.59. The Morgan fingerprint density at radius 2 is 2.17 bits per heavy atom. The van der Waals surface area contributed by atoms with E-state index in [4.69, 9.17) is 4.74 Å². The number of carbonyl (C=O) groups is 1. The molecular weight excluding hydrogens is 156 g/mol. The van der Waals surface area contributed by atoms with Crippen molar-refractivity contribution in [3.8, 4) is 0 Å². The second-order valence-electron chi connectivity index (χ2n) is 3.59. The standard InChI is InChI=1S/C9H16O3/c1-6-5-8(12-7(2)10)3-4-9(6)11/h6,8-9,11H,3-5H2,1-2H3/t6-,8-,9+/m0/s1. The van der Waals surface area contributed by atoms with Crippen molar-refractivity contribution >= 4 is 5.97 Å². The molecule has 0 aromatic heterocycles. The normalized spacial score (nSPS) is 36.1. The van der Waals surface area contributed by atoms with E-state index in [0.717, 1.165) is 19.3 Å². The third-order valence-electron chi connectivity index (χ3n) is 2.41. The van der Waals surface area contributed by atoms with E-state index in [-0.39, 0.29) is 24.1 Å². The molecule has 1 aliphatic rings. The van der Waals surface area contributed by atoms with Crippen molar-refractivity contribution in [3.63, 3.8) is 0 Å². The Kier molecular flexibility index (Phi) is 3.09. The molecule has 0 radical (unpaired) electrons. The number of rotatable bonds is 1. The van der Waals surface area contributed by atoms with Crippen LogP contribution < -0.4 is 0 Å². The highest BCUT2D eigenvalue weighted by atomic mass is 16.5. The second kappa shape index (κ2) is 3.90. The molecule has 3 nitrogen and oxygen atoms in total. The minimum absolute atomic E-state index is 0.0286. The molecule has 1 N–H and O–H groups in total. The van der Waals surface area contributed by atoms with Crippen LogP contribution in [0.25, 0.3) is 0 Å². The summed E-state index contributed by atoms with van der Waals surface area (Å²) in [6, 6.07) is 0. The highest BCUT2D eigenvalue weighted by Crippen LogP contribution is 2.26. The van der Waals surface area contributed by atoms with Gasteiger partial charge in [-0.15, -0.1) is 0 Å². The Morgan fingerprint density at radius 1 is 1.50 bits per heavy atom. The first-order valence-electron chi connectivity index (χ1n) is 4.45. The fraction of sp³-hybridized carbons (Fsp3) is 0.889. The molecule has 0 saturated heterocycles. The van der Waals surface area contributed by atoms with Crippen molar-refractivity contribution in [1.82, 2.24) is 0 Å². The van der Waals surface area contributed by atoms with E-state index in [1.54, 1.807) is 0 Å². The molecule has 1 aliphatic carbocycles. The van der Waals surface area contributed by atoms with E-state index >= 15 is 0 Å². The molecule has 3 atom stereocenters. The van der Waals surface area contributed by atoms with Gasteiger partial charge in [0.25, 0.3) is 0 Å². The van der Waals surface area contributed by atoms with Gasteiger partial charge in [0.1, 0.15) is 6.10 Å². The minimum Gasteiger partial charge on any atom is -0.463 e. The molecule has 1 fully saturated rings. The van der Waals surface area contributed by atoms with Crippen LogP contribution >= 0.6 is 0 Å². The summed E-state index contributed by atoms with van der Waals surface area (Å²) >= 11 is 0. The van der Waals surface area contributed by atoms with Gasteiger partial charge in [-0.1, -0.05) is 6.92 Å². The molecule has 0 unspecified atom stereocenters. The smallest absolute Gasteiger partial charge is 0.302 e. The van der Waals surface area contributed by atoms with Gasteiger partial charge in [0.15, 0.2) is 0 Å². The highest BCUT2D eigenvalue weighted by Gasteiger charge is 2.27. The van der Waals surface area contributed by atoms with Crippen LogP contribution in [0.15, 0.2) is 0 Å². The van der Waals surface area contributed by atoms with Crippen molar-refractivity contribution in [1.29, 1.82) is 0 Å². The summed E-state index contributed by atoms with van der Waals surface area (Å²) in [5.74, 6) is 0.0340. The van der Waals surface area contributed by atoms with Crippen LogP contribution in [-0.4, -0.2) is 23.3 Å². The Balaban J connectivity index is 2.35. The Hall–Kier alpha value is -0.570. The Bertz CT molecular complexity index is 167. The van der Waals surface area contributed by atoms with Gasteiger partial charge in [0.2, 0.25) is 0 Å². The van der Waals surface area contributed by atoms with E-state index < -0.39 is 0 Å². The number of aliphatic hydroxyl groups is 1. The first-order valence-corrected chi connectivity index (χ1v) is 4.45. The number of ether oxygens (including phenoxy) is 1. The van der Waals surface area contributed by atoms with Crippen LogP contribution in [0.3, 0.4) is 0 Å². The topological polar surface area (TPSA) is 46.5 Å². The van der Waals surface area contributed by atoms with E-state index in [1.165, 1.54) is 6.92 Å². The molecular formula is C9H16O3. The lowest BCUT2D eigenvalue weighted by Gasteiger charge is -2.30. The van der Waals surface area contributed by atoms with Crippen LogP contribution in [-0.2, 0) is 9.53 Å². The molecule has 0 aliphatic heterocycles. The molecule has 0 spiro atoms. The highest BCUT2D eigenvalue weighted by molar-refractivity contribution is 5.66. The van der Waals surface area contributed by atoms with E-state index in [0.29, 0.717) is 0 Å². The average molecular weight is 172 g/mol. The predicted octanol–water partition coefficient (Wildman–Crippen LogP) is 1.10. The predicted molar refractivity (Wildman–Crippen MR) is 44.6 cm³/mol. The largest absolute Gasteiger partial charge is 0.463 e. The maximum atomic E-state index is 10.6. The van der Waals surface area contributed by atoms with Crippen LogP contribution in [0.2, 0.25) is 0 Å². The number of hydrogen-bond acceptors (Lipinski definition) is 3. The summed E-state index contributed by atoms with van der Waals surface area (Å²) in [5.41, 5.74) is 0. The number of carbonyl (C=O) groups excluding carboxylic acids is 1. The fourth-order valence-electron chi connectivity index (χ4n) is 1.67. The molecule has 1 rings (SSSR count). The van der Waals surface area contributed by atoms with Crippen LogP contribution in [0, 0.1) is 5.92 Å². The molecule has 12 heavy (non-hydrogen) atoms. The molecule has 1 saturated carbocycles. The summed E-state index contributed by atoms with van der Waals surface area (Å²) in [5, 5.41) is 9.39. The summed E-state index contributed by atoms with van der Waals surface area (Å²) < 4.78 is 5.06. The molecule has 0 heterocycles. The molecule has 0 aromatic rings. The quantitative estimate of drug-likeness (QED) is 0.602. The maximum Gasteiger partial charge on any atom is 0.302 e. The van der Waals surface area contributed by atoms with Crippen LogP contribution in [0.5, 0.6) is 0 Å². The zero-order valence-electron chi connectivity index (χ0n) is 7.62. The summed E-state index contributed by atoms with van der Waals surface area (Å²) in [6.45, 7) is 3.41. The van der Waals surface area contributed by atoms with Crippen molar-refractivity contribution in [3.05, 3.63) is 0 Å². The molecule has 70 valence electrons. The number of hydrogen-bond donors (Lipinski definition) is 1. The zero-order chi connectivity index (χ0) is 9.14. The molecule has 0 bridgehead atoms. The molecule has 0 amide bonds. The Morgan fingerprint density at radius 3 is 2.67 bits per heavy atom. The van der Waals surface area contributed by atoms with Gasteiger partial charge in [0.05, 0.1) is 6.10 Å². The number of esters is 1. The van der Waals surface area contributed by atoms with Crippen molar-refractivity contribution in [2.24, 2.45) is 5.92 Å². The lowest BCUT2D eigenvalue weighted by atomic mass is 9.86. The average Bonchev–Trinajstić information content (AvgIpc) is 1.96. The Labute approximate surface area is 72.7 Å². The van der Waals surface area contributed by atoms with Crippen molar-refractivity contribution in [2.45, 2.75) is 45.3 Å². The monoisotopic (exact) mass is 172 g/mol. The first kappa shape index (κ1) is 9.52. The van der Waals surface area contributed by atoms with Gasteiger partial charge in [0, 0.05) is 6.92 Å². The van der Waals surface area contributed by atoms with Gasteiger partial charge in [-0.25, -0.2) is 0 Å². The lowest BCUT2D eigenvalue weighted by Crippen LogP contribution is -2.32. The van der Waals surface area contributed by atoms with E-state index in [2.05, 4.69) is 0 Å². The van der Waals surface area contributed by atoms with E-state index in [1.807, 2.05) is 6.92 Å². The van der Waals surface area contributed by atoms with Gasteiger partial charge in [-0.2, -0.15) is 0 Å². The maximum absolute atomic E-state index is 10.6. The van der Waals surface area contributed by atoms with Gasteiger partial charge >= 0.3 is 5.97 Å². The van der Waals surface area contributed by atoms with Crippen LogP contribution in [0.1, 0.15) is 33.1 Å². The third kappa shape index (κ3) is 2.48. The SMILES string of the molecule is CC(=O)O[C@H]1CC[C@@H](O)[C@@H](C)C1. The fourth-order valence-corrected chi connectivity index (χ4v) is 1.67. The third-order valence-corrected chi connectivity index (χ3v) is 2.41. The number of aliphatic hydroxyl groups excluding tert-OH is 1. The molecule has 0 aromatic carbocycles. The lowest BCUT2D eigenvalue weighted by molar-refractivity contribution is -0.150. The first-order chi connectivity index (χ1) is 5.59. The summed E-state index contributed by atoms with van der Waals surface area (Å²) in [6.07, 6.45) is 2.16. The zero-order valence-corrected chi connectivity index (χ0v) is 7.62. The van der Waals surface area contributed by atoms with Crippen molar-refractivity contribution < 1.29 is 14.6 Å². The van der Waals surface area contributed by atoms with Crippen molar-refractivity contribution in [2.75, 3.05) is 0 Å². The van der Waals surface area contributed by atoms with Gasteiger partial charge < -0.3 is 9.84 Å².